The number of fused-ring (bicyclic) bond motifs is 1. The van der Waals surface area contributed by atoms with Crippen molar-refractivity contribution in [2.75, 3.05) is 0 Å². The van der Waals surface area contributed by atoms with Gasteiger partial charge in [0.05, 0.1) is 17.6 Å². The van der Waals surface area contributed by atoms with Crippen LogP contribution >= 0.6 is 0 Å². The monoisotopic (exact) mass is 427 g/mol. The number of carbonyl (C=O) groups is 3. The molecule has 1 atom stereocenters. The van der Waals surface area contributed by atoms with Gasteiger partial charge in [0, 0.05) is 23.4 Å². The molecule has 0 saturated carbocycles. The molecule has 2 amide bonds. The number of ketones is 1. The van der Waals surface area contributed by atoms with Crippen molar-refractivity contribution in [1.82, 2.24) is 20.1 Å². The number of aromatic nitrogens is 3. The first kappa shape index (κ1) is 20.9. The van der Waals surface area contributed by atoms with E-state index in [1.807, 2.05) is 54.6 Å². The fourth-order valence-corrected chi connectivity index (χ4v) is 3.58. The van der Waals surface area contributed by atoms with E-state index >= 15 is 0 Å². The van der Waals surface area contributed by atoms with Crippen LogP contribution < -0.4 is 11.1 Å². The number of hydrogen-bond acceptors (Lipinski definition) is 5. The van der Waals surface area contributed by atoms with E-state index in [9.17, 15) is 14.4 Å². The third kappa shape index (κ3) is 4.24. The fourth-order valence-electron chi connectivity index (χ4n) is 3.58. The summed E-state index contributed by atoms with van der Waals surface area (Å²) in [5, 5.41) is 8.89. The lowest BCUT2D eigenvalue weighted by Gasteiger charge is -2.17. The van der Waals surface area contributed by atoms with Crippen LogP contribution in [0.25, 0.3) is 16.5 Å². The van der Waals surface area contributed by atoms with Crippen molar-refractivity contribution in [3.8, 4) is 5.69 Å². The minimum absolute atomic E-state index is 0.136. The molecule has 0 aliphatic rings. The minimum Gasteiger partial charge on any atom is -0.363 e. The number of pyridine rings is 1. The van der Waals surface area contributed by atoms with E-state index in [-0.39, 0.29) is 12.1 Å². The zero-order valence-corrected chi connectivity index (χ0v) is 17.4. The predicted octanol–water partition coefficient (Wildman–Crippen LogP) is 2.12. The maximum Gasteiger partial charge on any atom is 0.287 e. The Hall–Kier alpha value is -4.33. The lowest BCUT2D eigenvalue weighted by atomic mass is 10.0. The second-order valence-corrected chi connectivity index (χ2v) is 7.41. The topological polar surface area (TPSA) is 120 Å². The van der Waals surface area contributed by atoms with Gasteiger partial charge < -0.3 is 11.1 Å². The molecule has 32 heavy (non-hydrogen) atoms. The second kappa shape index (κ2) is 8.81. The summed E-state index contributed by atoms with van der Waals surface area (Å²) in [6, 6.07) is 17.2. The van der Waals surface area contributed by atoms with Gasteiger partial charge in [0.2, 0.25) is 5.78 Å². The molecular weight excluding hydrogens is 406 g/mol. The Kier molecular flexibility index (Phi) is 5.76. The molecule has 0 spiro atoms. The maximum atomic E-state index is 13.2. The smallest absolute Gasteiger partial charge is 0.287 e. The van der Waals surface area contributed by atoms with Gasteiger partial charge in [-0.2, -0.15) is 5.10 Å². The predicted molar refractivity (Wildman–Crippen MR) is 119 cm³/mol. The van der Waals surface area contributed by atoms with Crippen LogP contribution in [0.2, 0.25) is 0 Å². The van der Waals surface area contributed by atoms with Crippen molar-refractivity contribution in [2.24, 2.45) is 5.73 Å². The van der Waals surface area contributed by atoms with Gasteiger partial charge >= 0.3 is 0 Å². The Morgan fingerprint density at radius 1 is 1.03 bits per heavy atom. The largest absolute Gasteiger partial charge is 0.363 e. The lowest BCUT2D eigenvalue weighted by molar-refractivity contribution is -0.137. The number of primary amides is 1. The fraction of sp³-hybridized carbons (Fsp3) is 0.125. The van der Waals surface area contributed by atoms with Crippen LogP contribution in [0.1, 0.15) is 21.7 Å². The van der Waals surface area contributed by atoms with Gasteiger partial charge in [0.25, 0.3) is 11.8 Å². The van der Waals surface area contributed by atoms with Crippen LogP contribution in [-0.2, 0) is 16.0 Å². The Balaban J connectivity index is 1.70. The number of amides is 2. The summed E-state index contributed by atoms with van der Waals surface area (Å²) in [5.41, 5.74) is 7.47. The van der Waals surface area contributed by atoms with E-state index in [2.05, 4.69) is 15.4 Å². The molecule has 0 radical (unpaired) electrons. The summed E-state index contributed by atoms with van der Waals surface area (Å²) in [7, 11) is 0. The van der Waals surface area contributed by atoms with Gasteiger partial charge in [0.1, 0.15) is 11.7 Å². The van der Waals surface area contributed by atoms with Crippen LogP contribution in [-0.4, -0.2) is 38.4 Å². The number of aryl methyl sites for hydroxylation is 1. The summed E-state index contributed by atoms with van der Waals surface area (Å²) in [5.74, 6) is -2.51. The normalized spacial score (nSPS) is 11.8. The Morgan fingerprint density at radius 3 is 2.50 bits per heavy atom. The first-order valence-corrected chi connectivity index (χ1v) is 10.0. The molecule has 2 aromatic heterocycles. The lowest BCUT2D eigenvalue weighted by Crippen LogP contribution is -2.47. The molecule has 0 fully saturated rings. The number of carbonyl (C=O) groups excluding carboxylic acids is 3. The van der Waals surface area contributed by atoms with Crippen LogP contribution in [0.3, 0.4) is 0 Å². The van der Waals surface area contributed by atoms with Gasteiger partial charge in [-0.1, -0.05) is 54.6 Å². The Morgan fingerprint density at radius 2 is 1.75 bits per heavy atom. The molecule has 1 unspecified atom stereocenters. The standard InChI is InChI=1S/C24H21N5O3/c1-15-11-20(29(28-15)21-14-26-13-17-9-5-6-10-18(17)21)24(32)27-19(22(30)23(25)31)12-16-7-3-2-4-8-16/h2-11,13-14,19H,12H2,1H3,(H2,25,31)(H,27,32). The molecule has 0 saturated heterocycles. The summed E-state index contributed by atoms with van der Waals surface area (Å²) in [6.07, 6.45) is 3.50. The molecule has 160 valence electrons. The molecule has 2 heterocycles. The first-order valence-electron chi connectivity index (χ1n) is 10.0. The summed E-state index contributed by atoms with van der Waals surface area (Å²) in [6.45, 7) is 1.77. The van der Waals surface area contributed by atoms with Crippen LogP contribution in [0, 0.1) is 6.92 Å². The number of nitrogens with one attached hydrogen (secondary N) is 1. The maximum absolute atomic E-state index is 13.2. The molecule has 2 aromatic carbocycles. The van der Waals surface area contributed by atoms with Crippen molar-refractivity contribution >= 4 is 28.4 Å². The van der Waals surface area contributed by atoms with Crippen LogP contribution in [0.15, 0.2) is 73.1 Å². The minimum atomic E-state index is -1.10. The van der Waals surface area contributed by atoms with E-state index in [1.165, 1.54) is 4.68 Å². The van der Waals surface area contributed by atoms with Gasteiger partial charge in [-0.3, -0.25) is 19.4 Å². The number of rotatable bonds is 7. The molecule has 0 aliphatic heterocycles. The average Bonchev–Trinajstić information content (AvgIpc) is 3.20. The molecule has 0 aliphatic carbocycles. The average molecular weight is 427 g/mol. The molecule has 8 nitrogen and oxygen atoms in total. The Labute approximate surface area is 184 Å². The van der Waals surface area contributed by atoms with E-state index in [1.54, 1.807) is 25.4 Å². The van der Waals surface area contributed by atoms with Crippen LogP contribution in [0.4, 0.5) is 0 Å². The highest BCUT2D eigenvalue weighted by Gasteiger charge is 2.27. The second-order valence-electron chi connectivity index (χ2n) is 7.41. The van der Waals surface area contributed by atoms with E-state index in [0.717, 1.165) is 16.3 Å². The van der Waals surface area contributed by atoms with Crippen LogP contribution in [0.5, 0.6) is 0 Å². The summed E-state index contributed by atoms with van der Waals surface area (Å²) >= 11 is 0. The highest BCUT2D eigenvalue weighted by Crippen LogP contribution is 2.22. The molecule has 4 rings (SSSR count). The molecular formula is C24H21N5O3. The number of hydrogen-bond donors (Lipinski definition) is 2. The van der Waals surface area contributed by atoms with E-state index in [0.29, 0.717) is 11.4 Å². The SMILES string of the molecule is Cc1cc(C(=O)NC(Cc2ccccc2)C(=O)C(N)=O)n(-c2cncc3ccccc23)n1. The van der Waals surface area contributed by atoms with Gasteiger partial charge in [0.15, 0.2) is 0 Å². The molecule has 8 heteroatoms. The number of nitrogens with zero attached hydrogens (tertiary/aromatic N) is 3. The third-order valence-corrected chi connectivity index (χ3v) is 5.09. The number of nitrogens with two attached hydrogens (primary N) is 1. The van der Waals surface area contributed by atoms with E-state index < -0.39 is 23.6 Å². The van der Waals surface area contributed by atoms with Crippen molar-refractivity contribution < 1.29 is 14.4 Å². The van der Waals surface area contributed by atoms with Crippen molar-refractivity contribution in [3.05, 3.63) is 90.0 Å². The van der Waals surface area contributed by atoms with Crippen molar-refractivity contribution in [2.45, 2.75) is 19.4 Å². The van der Waals surface area contributed by atoms with Gasteiger partial charge in [-0.25, -0.2) is 4.68 Å². The molecule has 4 aromatic rings. The quantitative estimate of drug-likeness (QED) is 0.438. The zero-order valence-electron chi connectivity index (χ0n) is 17.4. The molecule has 0 bridgehead atoms. The van der Waals surface area contributed by atoms with Gasteiger partial charge in [-0.05, 0) is 18.6 Å². The number of benzene rings is 2. The van der Waals surface area contributed by atoms with Gasteiger partial charge in [-0.15, -0.1) is 0 Å². The van der Waals surface area contributed by atoms with Crippen molar-refractivity contribution in [3.63, 3.8) is 0 Å². The summed E-state index contributed by atoms with van der Waals surface area (Å²) < 4.78 is 1.49. The van der Waals surface area contributed by atoms with Crippen molar-refractivity contribution in [1.29, 1.82) is 0 Å². The third-order valence-electron chi connectivity index (χ3n) is 5.09. The molecule has 3 N–H and O–H groups in total. The van der Waals surface area contributed by atoms with E-state index in [4.69, 9.17) is 5.73 Å². The Bertz CT molecular complexity index is 1310. The first-order chi connectivity index (χ1) is 15.4. The number of Topliss-reactive ketones (excluding diaryl/α,β-unsaturated/α-hetero) is 1. The summed E-state index contributed by atoms with van der Waals surface area (Å²) in [4.78, 5) is 41.5. The highest BCUT2D eigenvalue weighted by atomic mass is 16.2. The zero-order chi connectivity index (χ0) is 22.7. The highest BCUT2D eigenvalue weighted by molar-refractivity contribution is 6.38.